The third-order valence-electron chi connectivity index (χ3n) is 1.92. The Morgan fingerprint density at radius 2 is 2.43 bits per heavy atom. The van der Waals surface area contributed by atoms with E-state index < -0.39 is 0 Å². The van der Waals surface area contributed by atoms with Crippen molar-refractivity contribution in [2.24, 2.45) is 5.73 Å². The number of nitrogens with two attached hydrogens (primary N) is 1. The molecular weight excluding hydrogens is 178 g/mol. The zero-order valence-corrected chi connectivity index (χ0v) is 8.31. The molecule has 0 bridgehead atoms. The highest BCUT2D eigenvalue weighted by atomic mass is 16.1. The fourth-order valence-electron chi connectivity index (χ4n) is 1.18. The van der Waals surface area contributed by atoms with Crippen molar-refractivity contribution >= 4 is 5.91 Å². The van der Waals surface area contributed by atoms with Crippen LogP contribution in [-0.2, 0) is 11.3 Å². The number of carbonyl (C=O) groups is 1. The number of carbonyl (C=O) groups excluding carboxylic acids is 1. The summed E-state index contributed by atoms with van der Waals surface area (Å²) in [6.07, 6.45) is 3.96. The van der Waals surface area contributed by atoms with Crippen molar-refractivity contribution in [2.45, 2.75) is 13.0 Å². The lowest BCUT2D eigenvalue weighted by Gasteiger charge is -2.14. The summed E-state index contributed by atoms with van der Waals surface area (Å²) in [5, 5.41) is 0. The number of amides is 1. The minimum absolute atomic E-state index is 0.261. The lowest BCUT2D eigenvalue weighted by molar-refractivity contribution is -0.118. The van der Waals surface area contributed by atoms with Crippen molar-refractivity contribution in [1.29, 1.82) is 0 Å². The Kier molecular flexibility index (Phi) is 4.07. The van der Waals surface area contributed by atoms with Crippen LogP contribution >= 0.6 is 0 Å². The van der Waals surface area contributed by atoms with Crippen LogP contribution in [0.1, 0.15) is 12.0 Å². The highest BCUT2D eigenvalue weighted by molar-refractivity contribution is 5.73. The first-order chi connectivity index (χ1) is 6.68. The third kappa shape index (κ3) is 4.00. The Hall–Kier alpha value is -1.42. The predicted molar refractivity (Wildman–Crippen MR) is 54.4 cm³/mol. The molecule has 0 saturated carbocycles. The fraction of sp³-hybridized carbons (Fsp3) is 0.400. The molecule has 0 aliphatic rings. The van der Waals surface area contributed by atoms with Gasteiger partial charge in [-0.15, -0.1) is 0 Å². The molecule has 0 radical (unpaired) electrons. The Bertz CT molecular complexity index is 287. The summed E-state index contributed by atoms with van der Waals surface area (Å²) in [7, 11) is 1.95. The molecule has 14 heavy (non-hydrogen) atoms. The van der Waals surface area contributed by atoms with Crippen molar-refractivity contribution in [3.63, 3.8) is 0 Å². The smallest absolute Gasteiger partial charge is 0.218 e. The molecule has 1 heterocycles. The van der Waals surface area contributed by atoms with E-state index in [1.165, 1.54) is 0 Å². The molecular formula is C10H15N3O. The van der Waals surface area contributed by atoms with Crippen molar-refractivity contribution < 1.29 is 4.79 Å². The summed E-state index contributed by atoms with van der Waals surface area (Å²) in [5.41, 5.74) is 6.19. The summed E-state index contributed by atoms with van der Waals surface area (Å²) in [6.45, 7) is 1.48. The highest BCUT2D eigenvalue weighted by Crippen LogP contribution is 2.00. The maximum atomic E-state index is 10.5. The molecule has 0 atom stereocenters. The maximum Gasteiger partial charge on any atom is 0.218 e. The highest BCUT2D eigenvalue weighted by Gasteiger charge is 2.01. The van der Waals surface area contributed by atoms with Crippen LogP contribution in [0.2, 0.25) is 0 Å². The van der Waals surface area contributed by atoms with Gasteiger partial charge in [0.05, 0.1) is 0 Å². The second-order valence-electron chi connectivity index (χ2n) is 3.32. The van der Waals surface area contributed by atoms with Crippen molar-refractivity contribution in [3.8, 4) is 0 Å². The summed E-state index contributed by atoms with van der Waals surface area (Å²) >= 11 is 0. The van der Waals surface area contributed by atoms with Gasteiger partial charge < -0.3 is 10.6 Å². The molecule has 2 N–H and O–H groups in total. The molecule has 1 aromatic heterocycles. The molecule has 1 amide bonds. The van der Waals surface area contributed by atoms with E-state index in [1.807, 2.05) is 30.3 Å². The van der Waals surface area contributed by atoms with Gasteiger partial charge in [-0.1, -0.05) is 6.07 Å². The molecule has 4 nitrogen and oxygen atoms in total. The molecule has 4 heteroatoms. The van der Waals surface area contributed by atoms with Gasteiger partial charge in [0.25, 0.3) is 0 Å². The average molecular weight is 193 g/mol. The molecule has 0 fully saturated rings. The quantitative estimate of drug-likeness (QED) is 0.735. The Morgan fingerprint density at radius 1 is 1.64 bits per heavy atom. The number of hydrogen-bond acceptors (Lipinski definition) is 3. The third-order valence-corrected chi connectivity index (χ3v) is 1.92. The van der Waals surface area contributed by atoms with Crippen LogP contribution in [0.15, 0.2) is 24.5 Å². The zero-order chi connectivity index (χ0) is 10.4. The number of hydrogen-bond donors (Lipinski definition) is 1. The summed E-state index contributed by atoms with van der Waals surface area (Å²) in [5.74, 6) is -0.261. The normalized spacial score (nSPS) is 10.4. The Morgan fingerprint density at radius 3 is 3.00 bits per heavy atom. The van der Waals surface area contributed by atoms with E-state index in [2.05, 4.69) is 4.98 Å². The summed E-state index contributed by atoms with van der Waals surface area (Å²) in [4.78, 5) is 16.6. The lowest BCUT2D eigenvalue weighted by atomic mass is 10.2. The van der Waals surface area contributed by atoms with Crippen LogP contribution in [0.25, 0.3) is 0 Å². The van der Waals surface area contributed by atoms with Gasteiger partial charge in [0.1, 0.15) is 0 Å². The first-order valence-corrected chi connectivity index (χ1v) is 4.54. The van der Waals surface area contributed by atoms with Crippen LogP contribution in [0.5, 0.6) is 0 Å². The number of aromatic nitrogens is 1. The first-order valence-electron chi connectivity index (χ1n) is 4.54. The van der Waals surface area contributed by atoms with E-state index in [-0.39, 0.29) is 5.91 Å². The van der Waals surface area contributed by atoms with Crippen LogP contribution in [0, 0.1) is 0 Å². The maximum absolute atomic E-state index is 10.5. The van der Waals surface area contributed by atoms with E-state index in [0.717, 1.165) is 12.1 Å². The number of primary amides is 1. The molecule has 0 aliphatic carbocycles. The largest absolute Gasteiger partial charge is 0.370 e. The van der Waals surface area contributed by atoms with Gasteiger partial charge in [0.2, 0.25) is 5.91 Å². The Labute approximate surface area is 83.7 Å². The van der Waals surface area contributed by atoms with Crippen LogP contribution in [-0.4, -0.2) is 29.4 Å². The van der Waals surface area contributed by atoms with Gasteiger partial charge in [-0.05, 0) is 18.7 Å². The van der Waals surface area contributed by atoms with Crippen LogP contribution in [0.3, 0.4) is 0 Å². The second-order valence-corrected chi connectivity index (χ2v) is 3.32. The van der Waals surface area contributed by atoms with E-state index >= 15 is 0 Å². The van der Waals surface area contributed by atoms with Crippen molar-refractivity contribution in [3.05, 3.63) is 30.1 Å². The number of pyridine rings is 1. The lowest BCUT2D eigenvalue weighted by Crippen LogP contribution is -2.24. The van der Waals surface area contributed by atoms with Crippen LogP contribution < -0.4 is 5.73 Å². The fourth-order valence-corrected chi connectivity index (χ4v) is 1.18. The van der Waals surface area contributed by atoms with Gasteiger partial charge in [-0.3, -0.25) is 9.78 Å². The standard InChI is InChI=1S/C10H15N3O/c1-13(6-4-10(11)14)8-9-3-2-5-12-7-9/h2-3,5,7H,4,6,8H2,1H3,(H2,11,14). The molecule has 0 saturated heterocycles. The monoisotopic (exact) mass is 193 g/mol. The average Bonchev–Trinajstić information content (AvgIpc) is 2.16. The molecule has 0 spiro atoms. The molecule has 0 aromatic carbocycles. The van der Waals surface area contributed by atoms with Crippen LogP contribution in [0.4, 0.5) is 0 Å². The van der Waals surface area contributed by atoms with Gasteiger partial charge in [-0.25, -0.2) is 0 Å². The molecule has 1 rings (SSSR count). The molecule has 0 aliphatic heterocycles. The van der Waals surface area contributed by atoms with E-state index in [4.69, 9.17) is 5.73 Å². The topological polar surface area (TPSA) is 59.2 Å². The van der Waals surface area contributed by atoms with E-state index in [0.29, 0.717) is 13.0 Å². The van der Waals surface area contributed by atoms with Gasteiger partial charge in [0, 0.05) is 31.9 Å². The second kappa shape index (κ2) is 5.34. The number of nitrogens with zero attached hydrogens (tertiary/aromatic N) is 2. The number of rotatable bonds is 5. The Balaban J connectivity index is 2.34. The first kappa shape index (κ1) is 10.7. The minimum Gasteiger partial charge on any atom is -0.370 e. The van der Waals surface area contributed by atoms with Gasteiger partial charge in [-0.2, -0.15) is 0 Å². The van der Waals surface area contributed by atoms with E-state index in [9.17, 15) is 4.79 Å². The van der Waals surface area contributed by atoms with E-state index in [1.54, 1.807) is 6.20 Å². The van der Waals surface area contributed by atoms with Crippen molar-refractivity contribution in [2.75, 3.05) is 13.6 Å². The van der Waals surface area contributed by atoms with Gasteiger partial charge >= 0.3 is 0 Å². The SMILES string of the molecule is CN(CCC(N)=O)Cc1cccnc1. The summed E-state index contributed by atoms with van der Waals surface area (Å²) < 4.78 is 0. The summed E-state index contributed by atoms with van der Waals surface area (Å²) in [6, 6.07) is 3.91. The zero-order valence-electron chi connectivity index (χ0n) is 8.31. The minimum atomic E-state index is -0.261. The van der Waals surface area contributed by atoms with Gasteiger partial charge in [0.15, 0.2) is 0 Å². The molecule has 1 aromatic rings. The molecule has 0 unspecified atom stereocenters. The van der Waals surface area contributed by atoms with Crippen molar-refractivity contribution in [1.82, 2.24) is 9.88 Å². The molecule has 76 valence electrons. The predicted octanol–water partition coefficient (Wildman–Crippen LogP) is 0.389.